The number of likely N-dealkylation sites (tertiary alicyclic amines) is 1. The lowest BCUT2D eigenvalue weighted by Gasteiger charge is -2.45. The van der Waals surface area contributed by atoms with Gasteiger partial charge in [-0.1, -0.05) is 29.8 Å². The number of carbonyl (C=O) groups excluding carboxylic acids is 1. The minimum atomic E-state index is -0.324. The summed E-state index contributed by atoms with van der Waals surface area (Å²) in [5.74, 6) is 0.951. The highest BCUT2D eigenvalue weighted by molar-refractivity contribution is 6.41. The lowest BCUT2D eigenvalue weighted by Crippen LogP contribution is -2.61. The fourth-order valence-electron chi connectivity index (χ4n) is 4.52. The Bertz CT molecular complexity index is 1430. The third-order valence-corrected chi connectivity index (χ3v) is 7.71. The molecule has 0 radical (unpaired) electrons. The Kier molecular flexibility index (Phi) is 8.15. The van der Waals surface area contributed by atoms with E-state index in [1.165, 1.54) is 20.3 Å². The summed E-state index contributed by atoms with van der Waals surface area (Å²) in [5, 5.41) is 3.95. The SMILES string of the molecule is C=CC(=O)N1CC(N(C)[C@@H](C)Cn2c(=O)c(-c3c(Cl)c(OC)cc(OC)c3Cl)cc3cnc(NC)nc32)C1. The molecule has 38 heavy (non-hydrogen) atoms. The summed E-state index contributed by atoms with van der Waals surface area (Å²) in [6.07, 6.45) is 2.96. The molecule has 3 aromatic rings. The van der Waals surface area contributed by atoms with Crippen molar-refractivity contribution in [2.75, 3.05) is 46.7 Å². The van der Waals surface area contributed by atoms with Gasteiger partial charge in [-0.15, -0.1) is 0 Å². The van der Waals surface area contributed by atoms with E-state index < -0.39 is 0 Å². The second kappa shape index (κ2) is 11.2. The molecule has 3 heterocycles. The number of methoxy groups -OCH3 is 2. The number of rotatable bonds is 9. The minimum Gasteiger partial charge on any atom is -0.495 e. The number of hydrogen-bond donors (Lipinski definition) is 1. The number of ether oxygens (including phenoxy) is 2. The summed E-state index contributed by atoms with van der Waals surface area (Å²) < 4.78 is 12.4. The zero-order chi connectivity index (χ0) is 27.7. The van der Waals surface area contributed by atoms with Crippen LogP contribution in [-0.2, 0) is 11.3 Å². The average molecular weight is 561 g/mol. The zero-order valence-corrected chi connectivity index (χ0v) is 23.4. The molecule has 4 rings (SSSR count). The van der Waals surface area contributed by atoms with E-state index in [1.807, 2.05) is 14.0 Å². The molecule has 12 heteroatoms. The van der Waals surface area contributed by atoms with Crippen LogP contribution in [0.3, 0.4) is 0 Å². The van der Waals surface area contributed by atoms with E-state index in [9.17, 15) is 9.59 Å². The van der Waals surface area contributed by atoms with Crippen molar-refractivity contribution >= 4 is 46.1 Å². The van der Waals surface area contributed by atoms with Gasteiger partial charge in [0.05, 0.1) is 29.8 Å². The largest absolute Gasteiger partial charge is 0.495 e. The van der Waals surface area contributed by atoms with E-state index in [2.05, 4.69) is 26.8 Å². The normalized spacial score (nSPS) is 14.4. The molecule has 2 aromatic heterocycles. The Morgan fingerprint density at radius 3 is 2.45 bits per heavy atom. The first kappa shape index (κ1) is 27.7. The summed E-state index contributed by atoms with van der Waals surface area (Å²) in [7, 11) is 6.65. The van der Waals surface area contributed by atoms with Gasteiger partial charge in [-0.05, 0) is 26.1 Å². The Hall–Kier alpha value is -3.34. The summed E-state index contributed by atoms with van der Waals surface area (Å²) in [5.41, 5.74) is 0.723. The van der Waals surface area contributed by atoms with Crippen molar-refractivity contribution in [3.05, 3.63) is 51.4 Å². The third-order valence-electron chi connectivity index (χ3n) is 6.96. The number of likely N-dealkylation sites (N-methyl/N-ethyl adjacent to an activating group) is 1. The summed E-state index contributed by atoms with van der Waals surface area (Å²) in [4.78, 5) is 38.8. The highest BCUT2D eigenvalue weighted by Gasteiger charge is 2.34. The molecule has 1 saturated heterocycles. The van der Waals surface area contributed by atoms with E-state index >= 15 is 0 Å². The van der Waals surface area contributed by atoms with Gasteiger partial charge in [-0.25, -0.2) is 4.98 Å². The van der Waals surface area contributed by atoms with E-state index in [0.29, 0.717) is 53.7 Å². The molecule has 1 atom stereocenters. The first-order chi connectivity index (χ1) is 18.1. The maximum absolute atomic E-state index is 14.1. The molecule has 10 nitrogen and oxygen atoms in total. The van der Waals surface area contributed by atoms with Gasteiger partial charge >= 0.3 is 0 Å². The molecule has 0 saturated carbocycles. The third kappa shape index (κ3) is 4.91. The molecule has 0 spiro atoms. The lowest BCUT2D eigenvalue weighted by molar-refractivity contribution is -0.133. The molecule has 1 amide bonds. The first-order valence-corrected chi connectivity index (χ1v) is 12.7. The number of hydrogen-bond acceptors (Lipinski definition) is 8. The van der Waals surface area contributed by atoms with Gasteiger partial charge in [0.25, 0.3) is 5.56 Å². The number of carbonyl (C=O) groups is 1. The molecule has 1 aromatic carbocycles. The molecule has 1 N–H and O–H groups in total. The fraction of sp³-hybridized carbons (Fsp3) is 0.385. The van der Waals surface area contributed by atoms with Gasteiger partial charge < -0.3 is 19.7 Å². The lowest BCUT2D eigenvalue weighted by atomic mass is 10.0. The second-order valence-electron chi connectivity index (χ2n) is 9.10. The van der Waals surface area contributed by atoms with Crippen LogP contribution in [0.4, 0.5) is 5.95 Å². The van der Waals surface area contributed by atoms with Gasteiger partial charge in [-0.3, -0.25) is 19.1 Å². The minimum absolute atomic E-state index is 0.0732. The molecular weight excluding hydrogens is 531 g/mol. The molecule has 0 unspecified atom stereocenters. The van der Waals surface area contributed by atoms with Crippen LogP contribution in [0.1, 0.15) is 6.92 Å². The maximum atomic E-state index is 14.1. The number of aromatic nitrogens is 3. The Morgan fingerprint density at radius 2 is 1.89 bits per heavy atom. The van der Waals surface area contributed by atoms with Crippen LogP contribution in [0.2, 0.25) is 10.0 Å². The molecule has 1 aliphatic rings. The van der Waals surface area contributed by atoms with Gasteiger partial charge in [0.15, 0.2) is 0 Å². The van der Waals surface area contributed by atoms with Crippen molar-refractivity contribution in [2.45, 2.75) is 25.6 Å². The average Bonchev–Trinajstić information content (AvgIpc) is 2.89. The van der Waals surface area contributed by atoms with Crippen LogP contribution in [0.15, 0.2) is 35.8 Å². The summed E-state index contributed by atoms with van der Waals surface area (Å²) in [6.45, 7) is 7.10. The quantitative estimate of drug-likeness (QED) is 0.396. The van der Waals surface area contributed by atoms with Crippen molar-refractivity contribution < 1.29 is 14.3 Å². The van der Waals surface area contributed by atoms with Gasteiger partial charge in [0, 0.05) is 62.0 Å². The number of anilines is 1. The smallest absolute Gasteiger partial charge is 0.260 e. The van der Waals surface area contributed by atoms with E-state index in [0.717, 1.165) is 0 Å². The fourth-order valence-corrected chi connectivity index (χ4v) is 5.23. The van der Waals surface area contributed by atoms with Crippen molar-refractivity contribution in [1.29, 1.82) is 0 Å². The highest BCUT2D eigenvalue weighted by atomic mass is 35.5. The second-order valence-corrected chi connectivity index (χ2v) is 9.85. The van der Waals surface area contributed by atoms with Gasteiger partial charge in [0.2, 0.25) is 11.9 Å². The number of pyridine rings is 1. The molecule has 0 bridgehead atoms. The Balaban J connectivity index is 1.82. The van der Waals surface area contributed by atoms with Gasteiger partial charge in [0.1, 0.15) is 17.1 Å². The van der Waals surface area contributed by atoms with Crippen LogP contribution >= 0.6 is 23.2 Å². The van der Waals surface area contributed by atoms with E-state index in [1.54, 1.807) is 34.8 Å². The maximum Gasteiger partial charge on any atom is 0.260 e. The Morgan fingerprint density at radius 1 is 1.26 bits per heavy atom. The molecule has 0 aliphatic carbocycles. The molecule has 202 valence electrons. The van der Waals surface area contributed by atoms with Crippen LogP contribution in [0.5, 0.6) is 11.5 Å². The molecule has 1 fully saturated rings. The van der Waals surface area contributed by atoms with Gasteiger partial charge in [-0.2, -0.15) is 4.98 Å². The number of amides is 1. The van der Waals surface area contributed by atoms with Crippen LogP contribution < -0.4 is 20.3 Å². The number of nitrogens with one attached hydrogen (secondary N) is 1. The molecule has 1 aliphatic heterocycles. The Labute approximate surface area is 230 Å². The van der Waals surface area contributed by atoms with E-state index in [4.69, 9.17) is 32.7 Å². The van der Waals surface area contributed by atoms with Crippen molar-refractivity contribution in [3.8, 4) is 22.6 Å². The zero-order valence-electron chi connectivity index (χ0n) is 21.9. The van der Waals surface area contributed by atoms with Crippen LogP contribution in [0, 0.1) is 0 Å². The monoisotopic (exact) mass is 560 g/mol. The van der Waals surface area contributed by atoms with Crippen molar-refractivity contribution in [1.82, 2.24) is 24.3 Å². The standard InChI is InChI=1S/C26H30Cl2N6O4/c1-7-20(35)33-12-16(13-33)32(4)14(2)11-34-24-15(10-30-26(29-3)31-24)8-17(25(34)36)21-22(27)18(37-5)9-19(38-6)23(21)28/h7-10,14,16H,1,11-13H2,2-6H3,(H,29,30,31)/t14-/m0/s1. The van der Waals surface area contributed by atoms with Crippen molar-refractivity contribution in [3.63, 3.8) is 0 Å². The van der Waals surface area contributed by atoms with E-state index in [-0.39, 0.29) is 39.2 Å². The van der Waals surface area contributed by atoms with Crippen molar-refractivity contribution in [2.24, 2.45) is 0 Å². The summed E-state index contributed by atoms with van der Waals surface area (Å²) in [6, 6.07) is 3.34. The topological polar surface area (TPSA) is 102 Å². The number of fused-ring (bicyclic) bond motifs is 1. The number of nitrogens with zero attached hydrogens (tertiary/aromatic N) is 5. The predicted octanol–water partition coefficient (Wildman–Crippen LogP) is 3.54. The van der Waals surface area contributed by atoms with Crippen LogP contribution in [0.25, 0.3) is 22.2 Å². The predicted molar refractivity (Wildman–Crippen MR) is 150 cm³/mol. The van der Waals surface area contributed by atoms with Crippen LogP contribution in [-0.4, -0.2) is 83.7 Å². The first-order valence-electron chi connectivity index (χ1n) is 12.0. The summed E-state index contributed by atoms with van der Waals surface area (Å²) >= 11 is 13.3. The number of benzene rings is 1. The highest BCUT2D eigenvalue weighted by Crippen LogP contribution is 2.45. The number of halogens is 2. The molecular formula is C26H30Cl2N6O4.